The molecule has 152 valence electrons. The number of unbranched alkanes of at least 4 members (excludes halogenated alkanes) is 2. The summed E-state index contributed by atoms with van der Waals surface area (Å²) in [5.41, 5.74) is 0. The molecule has 0 aromatic heterocycles. The molecule has 2 atom stereocenters. The van der Waals surface area contributed by atoms with Gasteiger partial charge in [-0.2, -0.15) is 0 Å². The van der Waals surface area contributed by atoms with Crippen LogP contribution in [0.4, 0.5) is 0 Å². The van der Waals surface area contributed by atoms with Gasteiger partial charge >= 0.3 is 5.97 Å². The van der Waals surface area contributed by atoms with E-state index < -0.39 is 12.0 Å². The first-order valence-electron chi connectivity index (χ1n) is 9.66. The fraction of sp³-hybridized carbons (Fsp3) is 0.778. The van der Waals surface area contributed by atoms with E-state index in [1.165, 1.54) is 0 Å². The van der Waals surface area contributed by atoms with E-state index in [1.807, 2.05) is 0 Å². The lowest BCUT2D eigenvalue weighted by Gasteiger charge is -2.36. The molecule has 2 saturated heterocycles. The molecule has 2 N–H and O–H groups in total. The van der Waals surface area contributed by atoms with Crippen molar-refractivity contribution in [2.75, 3.05) is 26.3 Å². The minimum absolute atomic E-state index is 0.0614. The minimum atomic E-state index is -0.779. The van der Waals surface area contributed by atoms with Crippen molar-refractivity contribution < 1.29 is 23.9 Å². The van der Waals surface area contributed by atoms with Gasteiger partial charge in [0, 0.05) is 26.1 Å². The molecule has 0 bridgehead atoms. The molecule has 0 aliphatic carbocycles. The molecule has 0 spiro atoms. The smallest absolute Gasteiger partial charge is 0.308 e. The quantitative estimate of drug-likeness (QED) is 0.355. The summed E-state index contributed by atoms with van der Waals surface area (Å²) in [6, 6.07) is -0.779. The molecule has 0 saturated carbocycles. The Balaban J connectivity index is 1.85. The summed E-state index contributed by atoms with van der Waals surface area (Å²) in [5, 5.41) is 5.59. The number of nitrogens with one attached hydrogen (secondary N) is 2. The van der Waals surface area contributed by atoms with E-state index in [0.29, 0.717) is 26.1 Å². The molecule has 0 aromatic carbocycles. The van der Waals surface area contributed by atoms with Crippen LogP contribution in [-0.2, 0) is 23.9 Å². The number of hydrogen-bond acceptors (Lipinski definition) is 6. The molecule has 2 aliphatic heterocycles. The third-order valence-corrected chi connectivity index (χ3v) is 5.00. The van der Waals surface area contributed by atoms with E-state index in [9.17, 15) is 14.4 Å². The zero-order valence-electron chi connectivity index (χ0n) is 15.8. The molecular formula is C18H29N3O5S. The van der Waals surface area contributed by atoms with Crippen molar-refractivity contribution in [3.05, 3.63) is 0 Å². The van der Waals surface area contributed by atoms with Gasteiger partial charge in [-0.05, 0) is 31.5 Å². The average Bonchev–Trinajstić information content (AvgIpc) is 3.15. The molecule has 2 amide bonds. The average molecular weight is 400 g/mol. The van der Waals surface area contributed by atoms with Crippen molar-refractivity contribution in [1.82, 2.24) is 15.5 Å². The zero-order chi connectivity index (χ0) is 19.6. The Bertz CT molecular complexity index is 551. The summed E-state index contributed by atoms with van der Waals surface area (Å²) < 4.78 is 10.7. The van der Waals surface area contributed by atoms with Crippen molar-refractivity contribution in [2.24, 2.45) is 0 Å². The van der Waals surface area contributed by atoms with E-state index in [2.05, 4.69) is 17.6 Å². The van der Waals surface area contributed by atoms with Crippen molar-refractivity contribution >= 4 is 35.1 Å². The topological polar surface area (TPSA) is 97.0 Å². The van der Waals surface area contributed by atoms with Gasteiger partial charge in [-0.3, -0.25) is 14.4 Å². The van der Waals surface area contributed by atoms with Gasteiger partial charge in [-0.15, -0.1) is 0 Å². The summed E-state index contributed by atoms with van der Waals surface area (Å²) in [6.45, 7) is 3.80. The van der Waals surface area contributed by atoms with Crippen LogP contribution in [-0.4, -0.2) is 66.2 Å². The third-order valence-electron chi connectivity index (χ3n) is 4.66. The SMILES string of the molecule is CCCCCC(=O)NC(=S)N1CCNC(=O)[C@H]1CC(=O)OC[C@H]1CCCO1. The molecule has 0 radical (unpaired) electrons. The molecule has 0 unspecified atom stereocenters. The number of thiocarbonyl (C=S) groups is 1. The maximum atomic E-state index is 12.2. The first-order valence-corrected chi connectivity index (χ1v) is 10.1. The highest BCUT2D eigenvalue weighted by molar-refractivity contribution is 7.80. The van der Waals surface area contributed by atoms with Crippen LogP contribution in [0, 0.1) is 0 Å². The van der Waals surface area contributed by atoms with Crippen LogP contribution in [0.15, 0.2) is 0 Å². The second-order valence-electron chi connectivity index (χ2n) is 6.83. The maximum absolute atomic E-state index is 12.2. The van der Waals surface area contributed by atoms with E-state index in [4.69, 9.17) is 21.7 Å². The van der Waals surface area contributed by atoms with Gasteiger partial charge in [0.15, 0.2) is 5.11 Å². The number of nitrogens with zero attached hydrogens (tertiary/aromatic N) is 1. The summed E-state index contributed by atoms with van der Waals surface area (Å²) >= 11 is 5.31. The van der Waals surface area contributed by atoms with Gasteiger partial charge in [-0.1, -0.05) is 19.8 Å². The highest BCUT2D eigenvalue weighted by atomic mass is 32.1. The lowest BCUT2D eigenvalue weighted by atomic mass is 10.1. The van der Waals surface area contributed by atoms with Crippen molar-refractivity contribution in [3.8, 4) is 0 Å². The van der Waals surface area contributed by atoms with Gasteiger partial charge < -0.3 is 25.0 Å². The molecule has 2 fully saturated rings. The predicted octanol–water partition coefficient (Wildman–Crippen LogP) is 0.881. The maximum Gasteiger partial charge on any atom is 0.308 e. The van der Waals surface area contributed by atoms with Crippen molar-refractivity contribution in [3.63, 3.8) is 0 Å². The van der Waals surface area contributed by atoms with Crippen LogP contribution < -0.4 is 10.6 Å². The number of hydrogen-bond donors (Lipinski definition) is 2. The molecule has 8 nitrogen and oxygen atoms in total. The van der Waals surface area contributed by atoms with Gasteiger partial charge in [0.1, 0.15) is 12.6 Å². The Morgan fingerprint density at radius 2 is 2.22 bits per heavy atom. The number of piperazine rings is 1. The molecule has 0 aromatic rings. The van der Waals surface area contributed by atoms with Crippen LogP contribution in [0.3, 0.4) is 0 Å². The molecule has 9 heteroatoms. The van der Waals surface area contributed by atoms with Gasteiger partial charge in [-0.25, -0.2) is 0 Å². The van der Waals surface area contributed by atoms with E-state index >= 15 is 0 Å². The summed E-state index contributed by atoms with van der Waals surface area (Å²) in [7, 11) is 0. The minimum Gasteiger partial charge on any atom is -0.463 e. The monoisotopic (exact) mass is 399 g/mol. The first kappa shape index (κ1) is 21.6. The van der Waals surface area contributed by atoms with E-state index in [0.717, 1.165) is 32.1 Å². The number of esters is 1. The summed E-state index contributed by atoms with van der Waals surface area (Å²) in [4.78, 5) is 38.0. The Hall–Kier alpha value is -1.74. The highest BCUT2D eigenvalue weighted by Gasteiger charge is 2.34. The predicted molar refractivity (Wildman–Crippen MR) is 103 cm³/mol. The second-order valence-corrected chi connectivity index (χ2v) is 7.22. The first-order chi connectivity index (χ1) is 13.0. The van der Waals surface area contributed by atoms with Crippen LogP contribution in [0.25, 0.3) is 0 Å². The fourth-order valence-electron chi connectivity index (χ4n) is 3.13. The lowest BCUT2D eigenvalue weighted by Crippen LogP contribution is -2.60. The van der Waals surface area contributed by atoms with E-state index in [-0.39, 0.29) is 36.1 Å². The van der Waals surface area contributed by atoms with Crippen molar-refractivity contribution in [2.45, 2.75) is 64.0 Å². The van der Waals surface area contributed by atoms with Gasteiger partial charge in [0.05, 0.1) is 12.5 Å². The Morgan fingerprint density at radius 1 is 1.41 bits per heavy atom. The van der Waals surface area contributed by atoms with Crippen LogP contribution in [0.1, 0.15) is 51.9 Å². The number of rotatable bonds is 8. The van der Waals surface area contributed by atoms with Crippen LogP contribution >= 0.6 is 12.2 Å². The Kier molecular flexibility index (Phi) is 8.93. The second kappa shape index (κ2) is 11.2. The normalized spacial score (nSPS) is 22.3. The summed E-state index contributed by atoms with van der Waals surface area (Å²) in [6.07, 6.45) is 4.85. The molecule has 2 heterocycles. The van der Waals surface area contributed by atoms with E-state index in [1.54, 1.807) is 4.90 Å². The highest BCUT2D eigenvalue weighted by Crippen LogP contribution is 2.14. The van der Waals surface area contributed by atoms with Crippen molar-refractivity contribution in [1.29, 1.82) is 0 Å². The fourth-order valence-corrected chi connectivity index (χ4v) is 3.46. The van der Waals surface area contributed by atoms with Crippen LogP contribution in [0.5, 0.6) is 0 Å². The number of amides is 2. The number of carbonyl (C=O) groups excluding carboxylic acids is 3. The lowest BCUT2D eigenvalue weighted by molar-refractivity contribution is -0.150. The standard InChI is InChI=1S/C18H29N3O5S/c1-2-3-4-7-15(22)20-18(27)21-9-8-19-17(24)14(21)11-16(23)26-12-13-6-5-10-25-13/h13-14H,2-12H2,1H3,(H,19,24)(H,20,22,27)/t13-,14-/m1/s1. The van der Waals surface area contributed by atoms with Crippen LogP contribution in [0.2, 0.25) is 0 Å². The largest absolute Gasteiger partial charge is 0.463 e. The zero-order valence-corrected chi connectivity index (χ0v) is 16.6. The van der Waals surface area contributed by atoms with Gasteiger partial charge in [0.25, 0.3) is 0 Å². The Morgan fingerprint density at radius 3 is 2.93 bits per heavy atom. The number of carbonyl (C=O) groups is 3. The number of ether oxygens (including phenoxy) is 2. The van der Waals surface area contributed by atoms with Gasteiger partial charge in [0.2, 0.25) is 11.8 Å². The third kappa shape index (κ3) is 7.06. The molecular weight excluding hydrogens is 370 g/mol. The molecule has 2 rings (SSSR count). The molecule has 2 aliphatic rings. The summed E-state index contributed by atoms with van der Waals surface area (Å²) in [5.74, 6) is -0.938. The Labute approximate surface area is 165 Å². The molecule has 27 heavy (non-hydrogen) atoms.